The molecule has 0 atom stereocenters. The highest BCUT2D eigenvalue weighted by Crippen LogP contribution is 2.36. The van der Waals surface area contributed by atoms with Crippen molar-refractivity contribution in [2.24, 2.45) is 0 Å². The first kappa shape index (κ1) is 11.5. The van der Waals surface area contributed by atoms with Crippen LogP contribution in [0.4, 0.5) is 0 Å². The number of aliphatic carboxylic acids is 1. The lowest BCUT2D eigenvalue weighted by molar-refractivity contribution is -0.131. The predicted molar refractivity (Wildman–Crippen MR) is 65.9 cm³/mol. The number of carboxylic acid groups (broad SMARTS) is 1. The fraction of sp³-hybridized carbons (Fsp3) is 0.214. The molecule has 1 aliphatic heterocycles. The van der Waals surface area contributed by atoms with Crippen molar-refractivity contribution in [2.45, 2.75) is 19.4 Å². The molecule has 0 amide bonds. The minimum atomic E-state index is -0.951. The van der Waals surface area contributed by atoms with Gasteiger partial charge < -0.3 is 9.84 Å². The number of ether oxygens (including phenoxy) is 1. The summed E-state index contributed by atoms with van der Waals surface area (Å²) in [5.74, 6) is -0.169. The summed E-state index contributed by atoms with van der Waals surface area (Å²) in [4.78, 5) is 10.6. The highest BCUT2D eigenvalue weighted by atomic mass is 16.5. The van der Waals surface area contributed by atoms with Crippen molar-refractivity contribution in [1.29, 1.82) is 0 Å². The number of rotatable bonds is 2. The van der Waals surface area contributed by atoms with Crippen molar-refractivity contribution in [2.75, 3.05) is 0 Å². The highest BCUT2D eigenvalue weighted by molar-refractivity contribution is 5.87. The minimum Gasteiger partial charge on any atom is -0.483 e. The fourth-order valence-corrected chi connectivity index (χ4v) is 1.86. The van der Waals surface area contributed by atoms with Crippen LogP contribution < -0.4 is 4.74 Å². The molecule has 2 rings (SSSR count). The summed E-state index contributed by atoms with van der Waals surface area (Å²) in [6.45, 7) is 3.88. The van der Waals surface area contributed by atoms with Gasteiger partial charge in [-0.05, 0) is 37.6 Å². The van der Waals surface area contributed by atoms with E-state index in [9.17, 15) is 4.79 Å². The van der Waals surface area contributed by atoms with Gasteiger partial charge in [0.1, 0.15) is 11.4 Å². The molecule has 0 saturated carbocycles. The number of carbonyl (C=O) groups is 1. The molecule has 1 heterocycles. The van der Waals surface area contributed by atoms with Crippen molar-refractivity contribution in [3.05, 3.63) is 48.1 Å². The number of hydrogen-bond donors (Lipinski definition) is 1. The van der Waals surface area contributed by atoms with Gasteiger partial charge in [-0.2, -0.15) is 0 Å². The second kappa shape index (κ2) is 4.09. The van der Waals surface area contributed by atoms with E-state index in [0.29, 0.717) is 0 Å². The summed E-state index contributed by atoms with van der Waals surface area (Å²) in [6, 6.07) is 7.61. The van der Waals surface area contributed by atoms with E-state index in [1.165, 1.54) is 0 Å². The molecule has 0 fully saturated rings. The molecule has 3 nitrogen and oxygen atoms in total. The van der Waals surface area contributed by atoms with Crippen LogP contribution in [0.1, 0.15) is 19.4 Å². The monoisotopic (exact) mass is 230 g/mol. The van der Waals surface area contributed by atoms with E-state index in [-0.39, 0.29) is 0 Å². The lowest BCUT2D eigenvalue weighted by atomic mass is 9.94. The number of hydrogen-bond acceptors (Lipinski definition) is 2. The normalized spacial score (nSPS) is 17.2. The zero-order chi connectivity index (χ0) is 12.5. The smallest absolute Gasteiger partial charge is 0.328 e. The Morgan fingerprint density at radius 2 is 2.06 bits per heavy atom. The summed E-state index contributed by atoms with van der Waals surface area (Å²) < 4.78 is 5.80. The third-order valence-electron chi connectivity index (χ3n) is 2.48. The Morgan fingerprint density at radius 3 is 2.76 bits per heavy atom. The van der Waals surface area contributed by atoms with Crippen LogP contribution >= 0.6 is 0 Å². The molecule has 17 heavy (non-hydrogen) atoms. The molecule has 0 aromatic heterocycles. The Bertz CT molecular complexity index is 510. The molecule has 1 aliphatic rings. The zero-order valence-corrected chi connectivity index (χ0v) is 9.81. The van der Waals surface area contributed by atoms with E-state index in [0.717, 1.165) is 23.0 Å². The zero-order valence-electron chi connectivity index (χ0n) is 9.81. The van der Waals surface area contributed by atoms with Crippen LogP contribution in [0, 0.1) is 0 Å². The van der Waals surface area contributed by atoms with Gasteiger partial charge in [-0.15, -0.1) is 0 Å². The van der Waals surface area contributed by atoms with Gasteiger partial charge in [-0.3, -0.25) is 0 Å². The van der Waals surface area contributed by atoms with Gasteiger partial charge in [0.05, 0.1) is 0 Å². The van der Waals surface area contributed by atoms with E-state index < -0.39 is 11.6 Å². The Labute approximate surface area is 100 Å². The van der Waals surface area contributed by atoms with Crippen molar-refractivity contribution < 1.29 is 14.6 Å². The van der Waals surface area contributed by atoms with Gasteiger partial charge in [-0.25, -0.2) is 4.79 Å². The van der Waals surface area contributed by atoms with Crippen LogP contribution in [0.25, 0.3) is 5.57 Å². The summed E-state index contributed by atoms with van der Waals surface area (Å²) >= 11 is 0. The molecule has 0 unspecified atom stereocenters. The van der Waals surface area contributed by atoms with E-state index in [1.807, 2.05) is 44.2 Å². The van der Waals surface area contributed by atoms with Crippen molar-refractivity contribution in [3.8, 4) is 5.75 Å². The second-order valence-electron chi connectivity index (χ2n) is 4.47. The van der Waals surface area contributed by atoms with Gasteiger partial charge in [0, 0.05) is 11.6 Å². The second-order valence-corrected chi connectivity index (χ2v) is 4.47. The minimum absolute atomic E-state index is 0.424. The van der Waals surface area contributed by atoms with Gasteiger partial charge in [-0.1, -0.05) is 18.2 Å². The topological polar surface area (TPSA) is 46.5 Å². The summed E-state index contributed by atoms with van der Waals surface area (Å²) in [5.41, 5.74) is 1.37. The maximum atomic E-state index is 10.6. The predicted octanol–water partition coefficient (Wildman–Crippen LogP) is 2.88. The lowest BCUT2D eigenvalue weighted by Gasteiger charge is -2.30. The molecule has 1 N–H and O–H groups in total. The average molecular weight is 230 g/mol. The first-order chi connectivity index (χ1) is 7.98. The molecule has 0 saturated heterocycles. The molecular weight excluding hydrogens is 216 g/mol. The summed E-state index contributed by atoms with van der Waals surface area (Å²) in [6.07, 6.45) is 4.67. The molecule has 0 aliphatic carbocycles. The van der Waals surface area contributed by atoms with Gasteiger partial charge >= 0.3 is 5.97 Å². The molecule has 0 bridgehead atoms. The van der Waals surface area contributed by atoms with Crippen LogP contribution in [0.2, 0.25) is 0 Å². The van der Waals surface area contributed by atoms with Crippen LogP contribution in [0.3, 0.4) is 0 Å². The van der Waals surface area contributed by atoms with Crippen molar-refractivity contribution in [3.63, 3.8) is 0 Å². The maximum absolute atomic E-state index is 10.6. The van der Waals surface area contributed by atoms with E-state index >= 15 is 0 Å². The summed E-state index contributed by atoms with van der Waals surface area (Å²) in [5, 5.41) is 8.68. The van der Waals surface area contributed by atoms with Crippen LogP contribution in [0.5, 0.6) is 5.75 Å². The molecule has 3 heteroatoms. The highest BCUT2D eigenvalue weighted by Gasteiger charge is 2.24. The van der Waals surface area contributed by atoms with E-state index in [2.05, 4.69) is 0 Å². The molecule has 1 aromatic rings. The SMILES string of the molecule is CC1(C)C=C(C=CC(=O)O)c2ccccc2O1. The third-order valence-corrected chi connectivity index (χ3v) is 2.48. The number of carboxylic acids is 1. The van der Waals surface area contributed by atoms with Crippen LogP contribution in [-0.2, 0) is 4.79 Å². The molecule has 0 spiro atoms. The Balaban J connectivity index is 2.47. The van der Waals surface area contributed by atoms with Gasteiger partial charge in [0.2, 0.25) is 0 Å². The first-order valence-electron chi connectivity index (χ1n) is 5.40. The van der Waals surface area contributed by atoms with E-state index in [1.54, 1.807) is 6.08 Å². The van der Waals surface area contributed by atoms with Crippen molar-refractivity contribution >= 4 is 11.5 Å². The number of allylic oxidation sites excluding steroid dienone is 2. The Hall–Kier alpha value is -2.03. The number of fused-ring (bicyclic) bond motifs is 1. The third kappa shape index (κ3) is 2.56. The first-order valence-corrected chi connectivity index (χ1v) is 5.40. The molecule has 0 radical (unpaired) electrons. The Morgan fingerprint density at radius 1 is 1.35 bits per heavy atom. The van der Waals surface area contributed by atoms with Gasteiger partial charge in [0.15, 0.2) is 0 Å². The van der Waals surface area contributed by atoms with Crippen molar-refractivity contribution in [1.82, 2.24) is 0 Å². The number of para-hydroxylation sites is 1. The molecular formula is C14H14O3. The standard InChI is InChI=1S/C14H14O3/c1-14(2)9-10(7-8-13(15)16)11-5-3-4-6-12(11)17-14/h3-9H,1-2H3,(H,15,16). The van der Waals surface area contributed by atoms with Crippen LogP contribution in [0.15, 0.2) is 42.5 Å². The van der Waals surface area contributed by atoms with Crippen LogP contribution in [-0.4, -0.2) is 16.7 Å². The maximum Gasteiger partial charge on any atom is 0.328 e. The molecule has 88 valence electrons. The summed E-state index contributed by atoms with van der Waals surface area (Å²) in [7, 11) is 0. The van der Waals surface area contributed by atoms with E-state index in [4.69, 9.17) is 9.84 Å². The Kier molecular flexibility index (Phi) is 2.76. The lowest BCUT2D eigenvalue weighted by Crippen LogP contribution is -2.28. The average Bonchev–Trinajstić information content (AvgIpc) is 2.24. The van der Waals surface area contributed by atoms with Gasteiger partial charge in [0.25, 0.3) is 0 Å². The quantitative estimate of drug-likeness (QED) is 0.794. The largest absolute Gasteiger partial charge is 0.483 e. The molecule has 1 aromatic carbocycles. The number of benzene rings is 1. The fourth-order valence-electron chi connectivity index (χ4n) is 1.86.